The lowest BCUT2D eigenvalue weighted by molar-refractivity contribution is -0.171. The number of carbonyl (C=O) groups excluding carboxylic acids is 3. The molecule has 10 heteroatoms. The lowest BCUT2D eigenvalue weighted by Crippen LogP contribution is -2.57. The molecule has 0 N–H and O–H groups in total. The number of hydrogen-bond donors (Lipinski definition) is 0. The summed E-state index contributed by atoms with van der Waals surface area (Å²) >= 11 is 8.92. The number of alkyl halides is 3. The summed E-state index contributed by atoms with van der Waals surface area (Å²) in [5, 5.41) is -0.905. The van der Waals surface area contributed by atoms with E-state index >= 15 is 0 Å². The lowest BCUT2D eigenvalue weighted by Gasteiger charge is -2.39. The Morgan fingerprint density at radius 1 is 1.09 bits per heavy atom. The molecule has 1 heterocycles. The van der Waals surface area contributed by atoms with Crippen molar-refractivity contribution in [1.82, 2.24) is 4.90 Å². The second kappa shape index (κ2) is 9.62. The third-order valence-electron chi connectivity index (χ3n) is 5.34. The maximum Gasteiger partial charge on any atom is 0.471 e. The maximum absolute atomic E-state index is 13.7. The zero-order valence-electron chi connectivity index (χ0n) is 16.9. The molecule has 2 unspecified atom stereocenters. The molecule has 0 spiro atoms. The van der Waals surface area contributed by atoms with Crippen molar-refractivity contribution in [2.45, 2.75) is 44.6 Å². The Labute approximate surface area is 196 Å². The van der Waals surface area contributed by atoms with E-state index in [2.05, 4.69) is 15.9 Å². The molecule has 0 fully saturated rings. The molecule has 3 rings (SSSR count). The van der Waals surface area contributed by atoms with Crippen LogP contribution in [0, 0.1) is 0 Å². The molecule has 1 aliphatic heterocycles. The second-order valence-electron chi connectivity index (χ2n) is 7.48. The summed E-state index contributed by atoms with van der Waals surface area (Å²) in [7, 11) is 0. The number of carbonyl (C=O) groups is 3. The Morgan fingerprint density at radius 3 is 2.31 bits per heavy atom. The number of amides is 2. The molecule has 170 valence electrons. The molecule has 0 bridgehead atoms. The Bertz CT molecular complexity index is 1030. The molecule has 0 aliphatic carbocycles. The first-order chi connectivity index (χ1) is 15.0. The fourth-order valence-corrected chi connectivity index (χ4v) is 4.58. The SMILES string of the molecule is CC(=O)N1Cc2cc(Br)ccc2N(C(=O)C(F)(F)F)C(CC(=O)Cl)C1Cc1ccccc1. The highest BCUT2D eigenvalue weighted by Crippen LogP contribution is 2.38. The Hall–Kier alpha value is -2.39. The van der Waals surface area contributed by atoms with Crippen LogP contribution in [0.15, 0.2) is 53.0 Å². The highest BCUT2D eigenvalue weighted by molar-refractivity contribution is 9.10. The summed E-state index contributed by atoms with van der Waals surface area (Å²) < 4.78 is 41.6. The van der Waals surface area contributed by atoms with Gasteiger partial charge >= 0.3 is 12.1 Å². The van der Waals surface area contributed by atoms with Crippen LogP contribution in [0.25, 0.3) is 0 Å². The summed E-state index contributed by atoms with van der Waals surface area (Å²) in [5.74, 6) is -2.52. The van der Waals surface area contributed by atoms with Gasteiger partial charge < -0.3 is 4.90 Å². The van der Waals surface area contributed by atoms with E-state index in [1.165, 1.54) is 24.0 Å². The highest BCUT2D eigenvalue weighted by Gasteiger charge is 2.50. The van der Waals surface area contributed by atoms with Crippen LogP contribution >= 0.6 is 27.5 Å². The van der Waals surface area contributed by atoms with E-state index in [9.17, 15) is 27.6 Å². The topological polar surface area (TPSA) is 57.7 Å². The van der Waals surface area contributed by atoms with Gasteiger partial charge in [0.2, 0.25) is 11.1 Å². The molecule has 0 saturated carbocycles. The van der Waals surface area contributed by atoms with E-state index in [-0.39, 0.29) is 18.7 Å². The van der Waals surface area contributed by atoms with Crippen molar-refractivity contribution in [3.05, 3.63) is 64.1 Å². The fourth-order valence-electron chi connectivity index (χ4n) is 4.01. The Balaban J connectivity index is 2.24. The van der Waals surface area contributed by atoms with Gasteiger partial charge in [0.15, 0.2) is 0 Å². The molecule has 0 aromatic heterocycles. The lowest BCUT2D eigenvalue weighted by atomic mass is 9.94. The van der Waals surface area contributed by atoms with Gasteiger partial charge in [0.1, 0.15) is 0 Å². The van der Waals surface area contributed by atoms with E-state index in [0.717, 1.165) is 5.56 Å². The van der Waals surface area contributed by atoms with Gasteiger partial charge in [-0.2, -0.15) is 13.2 Å². The molecule has 2 amide bonds. The minimum atomic E-state index is -5.19. The van der Waals surface area contributed by atoms with Gasteiger partial charge in [-0.3, -0.25) is 19.3 Å². The van der Waals surface area contributed by atoms with Gasteiger partial charge in [0.05, 0.1) is 12.1 Å². The van der Waals surface area contributed by atoms with Crippen LogP contribution in [0.5, 0.6) is 0 Å². The number of halogens is 5. The van der Waals surface area contributed by atoms with Crippen LogP contribution in [0.1, 0.15) is 24.5 Å². The van der Waals surface area contributed by atoms with Crippen molar-refractivity contribution in [2.24, 2.45) is 0 Å². The van der Waals surface area contributed by atoms with Crippen LogP contribution in [0.3, 0.4) is 0 Å². The third kappa shape index (κ3) is 5.32. The average Bonchev–Trinajstić information content (AvgIpc) is 2.82. The molecule has 0 radical (unpaired) electrons. The summed E-state index contributed by atoms with van der Waals surface area (Å²) in [5.41, 5.74) is 1.07. The van der Waals surface area contributed by atoms with E-state index < -0.39 is 41.7 Å². The number of hydrogen-bond acceptors (Lipinski definition) is 3. The van der Waals surface area contributed by atoms with E-state index in [1.807, 2.05) is 0 Å². The van der Waals surface area contributed by atoms with Gasteiger partial charge in [0, 0.05) is 30.0 Å². The number of anilines is 1. The first-order valence-electron chi connectivity index (χ1n) is 9.67. The summed E-state index contributed by atoms with van der Waals surface area (Å²) in [4.78, 5) is 39.1. The maximum atomic E-state index is 13.7. The van der Waals surface area contributed by atoms with Gasteiger partial charge in [-0.25, -0.2) is 0 Å². The molecular weight excluding hydrogens is 513 g/mol. The number of fused-ring (bicyclic) bond motifs is 1. The van der Waals surface area contributed by atoms with Crippen LogP contribution in [-0.2, 0) is 27.3 Å². The smallest absolute Gasteiger partial charge is 0.333 e. The molecule has 32 heavy (non-hydrogen) atoms. The van der Waals surface area contributed by atoms with E-state index in [1.54, 1.807) is 36.4 Å². The van der Waals surface area contributed by atoms with Crippen molar-refractivity contribution in [3.8, 4) is 0 Å². The quantitative estimate of drug-likeness (QED) is 0.531. The first-order valence-corrected chi connectivity index (χ1v) is 10.8. The summed E-state index contributed by atoms with van der Waals surface area (Å²) in [6, 6.07) is 11.0. The Kier molecular flexibility index (Phi) is 7.29. The molecule has 2 atom stereocenters. The fraction of sp³-hybridized carbons (Fsp3) is 0.318. The van der Waals surface area contributed by atoms with E-state index in [4.69, 9.17) is 11.6 Å². The van der Waals surface area contributed by atoms with Crippen molar-refractivity contribution in [1.29, 1.82) is 0 Å². The standard InChI is InChI=1S/C22H19BrClF3N2O3/c1-13(30)28-12-15-10-16(23)7-8-17(15)29(21(32)22(25,26)27)19(11-20(24)31)18(28)9-14-5-3-2-4-6-14/h2-8,10,18-19H,9,11-12H2,1H3. The molecule has 2 aromatic rings. The Morgan fingerprint density at radius 2 is 1.75 bits per heavy atom. The van der Waals surface area contributed by atoms with Gasteiger partial charge in [-0.05, 0) is 47.3 Å². The first kappa shape index (κ1) is 24.3. The largest absolute Gasteiger partial charge is 0.471 e. The molecule has 2 aromatic carbocycles. The number of benzene rings is 2. The zero-order chi connectivity index (χ0) is 23.6. The van der Waals surface area contributed by atoms with Crippen molar-refractivity contribution in [3.63, 3.8) is 0 Å². The van der Waals surface area contributed by atoms with Crippen LogP contribution < -0.4 is 4.90 Å². The third-order valence-corrected chi connectivity index (χ3v) is 5.99. The van der Waals surface area contributed by atoms with Gasteiger partial charge in [-0.15, -0.1) is 0 Å². The predicted octanol–water partition coefficient (Wildman–Crippen LogP) is 4.84. The van der Waals surface area contributed by atoms with Crippen LogP contribution in [0.2, 0.25) is 0 Å². The highest BCUT2D eigenvalue weighted by atomic mass is 79.9. The van der Waals surface area contributed by atoms with E-state index in [0.29, 0.717) is 14.9 Å². The monoisotopic (exact) mass is 530 g/mol. The molecular formula is C22H19BrClF3N2O3. The summed E-state index contributed by atoms with van der Waals surface area (Å²) in [6.45, 7) is 1.27. The zero-order valence-corrected chi connectivity index (χ0v) is 19.2. The van der Waals surface area contributed by atoms with Gasteiger partial charge in [-0.1, -0.05) is 46.3 Å². The number of nitrogens with zero attached hydrogens (tertiary/aromatic N) is 2. The molecule has 5 nitrogen and oxygen atoms in total. The molecule has 0 saturated heterocycles. The minimum absolute atomic E-state index is 0.0137. The van der Waals surface area contributed by atoms with Crippen molar-refractivity contribution >= 4 is 50.3 Å². The van der Waals surface area contributed by atoms with Crippen LogP contribution in [0.4, 0.5) is 18.9 Å². The van der Waals surface area contributed by atoms with Crippen LogP contribution in [-0.4, -0.2) is 40.2 Å². The minimum Gasteiger partial charge on any atom is -0.333 e. The van der Waals surface area contributed by atoms with Crippen molar-refractivity contribution < 1.29 is 27.6 Å². The number of rotatable bonds is 4. The normalized spacial score (nSPS) is 18.7. The predicted molar refractivity (Wildman–Crippen MR) is 117 cm³/mol. The summed E-state index contributed by atoms with van der Waals surface area (Å²) in [6.07, 6.45) is -5.62. The average molecular weight is 532 g/mol. The molecule has 1 aliphatic rings. The van der Waals surface area contributed by atoms with Gasteiger partial charge in [0.25, 0.3) is 0 Å². The van der Waals surface area contributed by atoms with Crippen molar-refractivity contribution in [2.75, 3.05) is 4.90 Å². The second-order valence-corrected chi connectivity index (χ2v) is 8.81.